The third-order valence-corrected chi connectivity index (χ3v) is 5.51. The van der Waals surface area contributed by atoms with E-state index in [1.54, 1.807) is 4.90 Å². The molecule has 0 aromatic heterocycles. The number of hydrogen-bond acceptors (Lipinski definition) is 3. The fourth-order valence-corrected chi connectivity index (χ4v) is 3.06. The van der Waals surface area contributed by atoms with Crippen LogP contribution in [0.2, 0.25) is 0 Å². The lowest BCUT2D eigenvalue weighted by molar-refractivity contribution is -0.130. The van der Waals surface area contributed by atoms with Crippen LogP contribution in [-0.2, 0) is 20.5 Å². The largest absolute Gasteiger partial charge is 0.490 e. The maximum atomic E-state index is 13.7. The Labute approximate surface area is 153 Å². The molecule has 2 aliphatic heterocycles. The summed E-state index contributed by atoms with van der Waals surface area (Å²) < 4.78 is 38.8. The summed E-state index contributed by atoms with van der Waals surface area (Å²) in [6.07, 6.45) is 2.52. The van der Waals surface area contributed by atoms with E-state index in [1.807, 2.05) is 33.8 Å². The molecule has 0 unspecified atom stereocenters. The molecule has 0 radical (unpaired) electrons. The minimum absolute atomic E-state index is 0.0776. The molecule has 140 valence electrons. The fourth-order valence-electron chi connectivity index (χ4n) is 3.06. The molecule has 1 amide bonds. The number of benzene rings is 1. The maximum absolute atomic E-state index is 13.7. The van der Waals surface area contributed by atoms with Gasteiger partial charge in [-0.2, -0.15) is 0 Å². The molecule has 1 saturated heterocycles. The lowest BCUT2D eigenvalue weighted by Gasteiger charge is -2.32. The van der Waals surface area contributed by atoms with Gasteiger partial charge in [0.25, 0.3) is 0 Å². The number of halogens is 2. The van der Waals surface area contributed by atoms with Crippen LogP contribution in [0.15, 0.2) is 29.7 Å². The first-order valence-corrected chi connectivity index (χ1v) is 8.85. The fraction of sp³-hybridized carbons (Fsp3) is 0.526. The van der Waals surface area contributed by atoms with Gasteiger partial charge in [-0.25, -0.2) is 8.78 Å². The second kappa shape index (κ2) is 6.78. The van der Waals surface area contributed by atoms with Gasteiger partial charge in [0.2, 0.25) is 5.91 Å². The molecule has 0 saturated carbocycles. The molecule has 0 N–H and O–H groups in total. The van der Waals surface area contributed by atoms with Crippen LogP contribution < -0.4 is 0 Å². The van der Waals surface area contributed by atoms with Crippen LogP contribution in [0.5, 0.6) is 0 Å². The third kappa shape index (κ3) is 3.69. The Balaban J connectivity index is 1.61. The highest BCUT2D eigenvalue weighted by Gasteiger charge is 2.52. The van der Waals surface area contributed by atoms with E-state index in [0.717, 1.165) is 17.6 Å². The molecule has 1 fully saturated rings. The first-order chi connectivity index (χ1) is 12.1. The Kier molecular flexibility index (Phi) is 4.97. The van der Waals surface area contributed by atoms with E-state index in [1.165, 1.54) is 6.07 Å². The van der Waals surface area contributed by atoms with Gasteiger partial charge in [-0.3, -0.25) is 4.79 Å². The van der Waals surface area contributed by atoms with Gasteiger partial charge in [-0.05, 0) is 51.2 Å². The number of rotatable bonds is 3. The van der Waals surface area contributed by atoms with Gasteiger partial charge in [-0.15, -0.1) is 0 Å². The van der Waals surface area contributed by atoms with E-state index in [0.29, 0.717) is 19.5 Å². The van der Waals surface area contributed by atoms with Crippen molar-refractivity contribution in [3.8, 4) is 0 Å². The van der Waals surface area contributed by atoms with Crippen molar-refractivity contribution < 1.29 is 22.9 Å². The zero-order valence-corrected chi connectivity index (χ0v) is 15.6. The van der Waals surface area contributed by atoms with E-state index in [9.17, 15) is 13.6 Å². The molecule has 7 heteroatoms. The predicted octanol–water partition coefficient (Wildman–Crippen LogP) is 3.30. The van der Waals surface area contributed by atoms with Crippen LogP contribution in [0.25, 0.3) is 0 Å². The molecule has 0 atom stereocenters. The molecule has 1 aromatic rings. The van der Waals surface area contributed by atoms with Gasteiger partial charge in [0.1, 0.15) is 11.6 Å². The highest BCUT2D eigenvalue weighted by atomic mass is 19.1. The molecule has 4 nitrogen and oxygen atoms in total. The molecule has 0 bridgehead atoms. The van der Waals surface area contributed by atoms with E-state index in [4.69, 9.17) is 9.31 Å². The number of carbonyl (C=O) groups excluding carboxylic acids is 1. The van der Waals surface area contributed by atoms with Crippen molar-refractivity contribution in [2.24, 2.45) is 0 Å². The predicted molar refractivity (Wildman–Crippen MR) is 95.4 cm³/mol. The van der Waals surface area contributed by atoms with Gasteiger partial charge in [-0.1, -0.05) is 12.1 Å². The van der Waals surface area contributed by atoms with Crippen molar-refractivity contribution in [1.82, 2.24) is 4.90 Å². The van der Waals surface area contributed by atoms with Crippen molar-refractivity contribution in [2.75, 3.05) is 13.1 Å². The van der Waals surface area contributed by atoms with E-state index >= 15 is 0 Å². The summed E-state index contributed by atoms with van der Waals surface area (Å²) in [6.45, 7) is 8.97. The number of nitrogens with zero attached hydrogens (tertiary/aromatic N) is 1. The third-order valence-electron chi connectivity index (χ3n) is 5.51. The van der Waals surface area contributed by atoms with Crippen LogP contribution in [-0.4, -0.2) is 42.2 Å². The molecule has 26 heavy (non-hydrogen) atoms. The van der Waals surface area contributed by atoms with Crippen molar-refractivity contribution in [3.63, 3.8) is 0 Å². The average molecular weight is 363 g/mol. The molecule has 3 rings (SSSR count). The van der Waals surface area contributed by atoms with Crippen LogP contribution in [0.1, 0.15) is 39.7 Å². The van der Waals surface area contributed by atoms with Crippen LogP contribution >= 0.6 is 0 Å². The van der Waals surface area contributed by atoms with Gasteiger partial charge in [0, 0.05) is 19.2 Å². The molecule has 1 aromatic carbocycles. The van der Waals surface area contributed by atoms with Gasteiger partial charge < -0.3 is 14.2 Å². The Morgan fingerprint density at radius 2 is 1.85 bits per heavy atom. The minimum atomic E-state index is -0.691. The summed E-state index contributed by atoms with van der Waals surface area (Å²) in [4.78, 5) is 14.1. The molecule has 0 spiro atoms. The summed E-state index contributed by atoms with van der Waals surface area (Å²) in [5.74, 6) is -1.52. The molecule has 2 aliphatic rings. The second-order valence-corrected chi connectivity index (χ2v) is 7.87. The maximum Gasteiger partial charge on any atom is 0.490 e. The number of carbonyl (C=O) groups is 1. The standard InChI is InChI=1S/C19H24BF2NO3/c1-18(2)19(3,4)26-20(25-18)14-7-9-23(10-8-14)17(24)11-13-5-6-15(21)12-16(13)22/h5-7,12H,8-11H2,1-4H3. The summed E-state index contributed by atoms with van der Waals surface area (Å²) >= 11 is 0. The van der Waals surface area contributed by atoms with E-state index in [2.05, 4.69) is 0 Å². The normalized spacial score (nSPS) is 21.7. The highest BCUT2D eigenvalue weighted by Crippen LogP contribution is 2.39. The summed E-state index contributed by atoms with van der Waals surface area (Å²) in [6, 6.07) is 3.28. The number of hydrogen-bond donors (Lipinski definition) is 0. The van der Waals surface area contributed by atoms with Crippen molar-refractivity contribution >= 4 is 13.0 Å². The molecule has 0 aliphatic carbocycles. The summed E-state index contributed by atoms with van der Waals surface area (Å²) in [5, 5.41) is 0. The van der Waals surface area contributed by atoms with Crippen molar-refractivity contribution in [3.05, 3.63) is 46.9 Å². The zero-order valence-electron chi connectivity index (χ0n) is 15.6. The van der Waals surface area contributed by atoms with Crippen LogP contribution in [0, 0.1) is 11.6 Å². The zero-order chi connectivity index (χ0) is 19.1. The van der Waals surface area contributed by atoms with Crippen LogP contribution in [0.4, 0.5) is 8.78 Å². The quantitative estimate of drug-likeness (QED) is 0.774. The average Bonchev–Trinajstić information content (AvgIpc) is 2.78. The van der Waals surface area contributed by atoms with E-state index in [-0.39, 0.29) is 17.9 Å². The minimum Gasteiger partial charge on any atom is -0.400 e. The summed E-state index contributed by atoms with van der Waals surface area (Å²) in [5.41, 5.74) is 0.440. The first-order valence-electron chi connectivity index (χ1n) is 8.85. The smallest absolute Gasteiger partial charge is 0.400 e. The monoisotopic (exact) mass is 363 g/mol. The molecular weight excluding hydrogens is 339 g/mol. The van der Waals surface area contributed by atoms with Gasteiger partial charge >= 0.3 is 7.12 Å². The second-order valence-electron chi connectivity index (χ2n) is 7.87. The Morgan fingerprint density at radius 3 is 2.38 bits per heavy atom. The SMILES string of the molecule is CC1(C)OB(C2=CCN(C(=O)Cc3ccc(F)cc3F)CC2)OC1(C)C. The van der Waals surface area contributed by atoms with Gasteiger partial charge in [0.15, 0.2) is 0 Å². The molecular formula is C19H24BF2NO3. The lowest BCUT2D eigenvalue weighted by atomic mass is 9.74. The Hall–Kier alpha value is -1.73. The van der Waals surface area contributed by atoms with Crippen LogP contribution in [0.3, 0.4) is 0 Å². The highest BCUT2D eigenvalue weighted by molar-refractivity contribution is 6.54. The Morgan fingerprint density at radius 1 is 1.19 bits per heavy atom. The molecule has 2 heterocycles. The summed E-state index contributed by atoms with van der Waals surface area (Å²) in [7, 11) is -0.396. The van der Waals surface area contributed by atoms with E-state index < -0.39 is 30.0 Å². The Bertz CT molecular complexity index is 732. The first kappa shape index (κ1) is 19.0. The van der Waals surface area contributed by atoms with Gasteiger partial charge in [0.05, 0.1) is 17.6 Å². The number of amides is 1. The van der Waals surface area contributed by atoms with Crippen molar-refractivity contribution in [2.45, 2.75) is 51.7 Å². The lowest BCUT2D eigenvalue weighted by Crippen LogP contribution is -2.41. The van der Waals surface area contributed by atoms with Crippen molar-refractivity contribution in [1.29, 1.82) is 0 Å². The topological polar surface area (TPSA) is 38.8 Å².